The van der Waals surface area contributed by atoms with Gasteiger partial charge in [-0.15, -0.1) is 0 Å². The lowest BCUT2D eigenvalue weighted by Gasteiger charge is -2.18. The van der Waals surface area contributed by atoms with E-state index in [4.69, 9.17) is 0 Å². The fourth-order valence-electron chi connectivity index (χ4n) is 2.57. The van der Waals surface area contributed by atoms with E-state index < -0.39 is 15.4 Å². The van der Waals surface area contributed by atoms with Gasteiger partial charge >= 0.3 is 0 Å². The molecule has 0 aromatic heterocycles. The highest BCUT2D eigenvalue weighted by atomic mass is 32.2. The molecule has 1 heterocycles. The number of carbonyl (C=O) groups is 2. The molecule has 27 heavy (non-hydrogen) atoms. The van der Waals surface area contributed by atoms with Gasteiger partial charge < -0.3 is 10.6 Å². The number of carbonyl (C=O) groups excluding carboxylic acids is 2. The predicted octanol–water partition coefficient (Wildman–Crippen LogP) is 2.97. The number of benzene rings is 2. The van der Waals surface area contributed by atoms with Crippen molar-refractivity contribution < 1.29 is 18.0 Å². The van der Waals surface area contributed by atoms with Crippen LogP contribution in [0.4, 0.5) is 17.1 Å². The van der Waals surface area contributed by atoms with Crippen molar-refractivity contribution in [3.05, 3.63) is 48.0 Å². The van der Waals surface area contributed by atoms with Gasteiger partial charge in [0.15, 0.2) is 0 Å². The monoisotopic (exact) mass is 387 g/mol. The molecule has 142 valence electrons. The molecule has 0 fully saturated rings. The van der Waals surface area contributed by atoms with Gasteiger partial charge in [0, 0.05) is 16.8 Å². The van der Waals surface area contributed by atoms with E-state index in [9.17, 15) is 18.0 Å². The average Bonchev–Trinajstić information content (AvgIpc) is 2.93. The fraction of sp³-hybridized carbons (Fsp3) is 0.263. The van der Waals surface area contributed by atoms with E-state index >= 15 is 0 Å². The second-order valence-corrected chi connectivity index (χ2v) is 9.12. The molecule has 0 bridgehead atoms. The smallest absolute Gasteiger partial charge is 0.261 e. The molecular weight excluding hydrogens is 366 g/mol. The quantitative estimate of drug-likeness (QED) is 0.750. The number of rotatable bonds is 4. The number of nitrogens with one attached hydrogen (secondary N) is 3. The third-order valence-corrected chi connectivity index (χ3v) is 5.44. The molecule has 0 atom stereocenters. The number of sulfonamides is 1. The van der Waals surface area contributed by atoms with Crippen LogP contribution in [-0.2, 0) is 26.0 Å². The van der Waals surface area contributed by atoms with Crippen LogP contribution in [0.15, 0.2) is 47.4 Å². The van der Waals surface area contributed by atoms with Crippen LogP contribution in [0.25, 0.3) is 0 Å². The average molecular weight is 387 g/mol. The Morgan fingerprint density at radius 2 is 1.78 bits per heavy atom. The van der Waals surface area contributed by atoms with Crippen LogP contribution < -0.4 is 15.4 Å². The summed E-state index contributed by atoms with van der Waals surface area (Å²) in [5.74, 6) is -0.326. The molecule has 8 heteroatoms. The summed E-state index contributed by atoms with van der Waals surface area (Å²) in [5.41, 5.74) is 1.54. The zero-order valence-corrected chi connectivity index (χ0v) is 16.1. The Morgan fingerprint density at radius 3 is 2.48 bits per heavy atom. The first kappa shape index (κ1) is 18.9. The normalized spacial score (nSPS) is 13.7. The number of fused-ring (bicyclic) bond motifs is 1. The lowest BCUT2D eigenvalue weighted by atomic mass is 9.95. The van der Waals surface area contributed by atoms with E-state index in [1.807, 2.05) is 0 Å². The predicted molar refractivity (Wildman–Crippen MR) is 104 cm³/mol. The van der Waals surface area contributed by atoms with Gasteiger partial charge in [0.05, 0.1) is 17.0 Å². The second-order valence-electron chi connectivity index (χ2n) is 7.43. The van der Waals surface area contributed by atoms with Gasteiger partial charge in [0.25, 0.3) is 10.0 Å². The highest BCUT2D eigenvalue weighted by molar-refractivity contribution is 7.92. The number of anilines is 3. The first-order valence-electron chi connectivity index (χ1n) is 8.42. The standard InChI is InChI=1S/C19H21N3O4S/c1-19(2,3)18(24)20-13-5-4-6-14(11-13)22-27(25,26)15-7-8-16-12(9-15)10-17(23)21-16/h4-9,11,22H,10H2,1-3H3,(H,20,24)(H,21,23). The van der Waals surface area contributed by atoms with E-state index in [1.54, 1.807) is 51.1 Å². The maximum Gasteiger partial charge on any atom is 0.261 e. The van der Waals surface area contributed by atoms with Crippen LogP contribution >= 0.6 is 0 Å². The Bertz CT molecular complexity index is 1020. The van der Waals surface area contributed by atoms with E-state index in [0.29, 0.717) is 22.6 Å². The first-order valence-corrected chi connectivity index (χ1v) is 9.90. The molecule has 0 saturated heterocycles. The minimum Gasteiger partial charge on any atom is -0.326 e. The van der Waals surface area contributed by atoms with E-state index in [1.165, 1.54) is 12.1 Å². The summed E-state index contributed by atoms with van der Waals surface area (Å²) in [6, 6.07) is 11.0. The van der Waals surface area contributed by atoms with Crippen molar-refractivity contribution in [3.63, 3.8) is 0 Å². The van der Waals surface area contributed by atoms with E-state index in [-0.39, 0.29) is 23.1 Å². The lowest BCUT2D eigenvalue weighted by molar-refractivity contribution is -0.123. The van der Waals surface area contributed by atoms with Crippen molar-refractivity contribution in [2.45, 2.75) is 32.1 Å². The van der Waals surface area contributed by atoms with E-state index in [2.05, 4.69) is 15.4 Å². The molecule has 1 aliphatic rings. The summed E-state index contributed by atoms with van der Waals surface area (Å²) < 4.78 is 27.8. The Labute approximate surface area is 158 Å². The van der Waals surface area contributed by atoms with Gasteiger partial charge in [-0.25, -0.2) is 8.42 Å². The molecule has 0 saturated carbocycles. The van der Waals surface area contributed by atoms with Crippen LogP contribution in [0.2, 0.25) is 0 Å². The molecular formula is C19H21N3O4S. The SMILES string of the molecule is CC(C)(C)C(=O)Nc1cccc(NS(=O)(=O)c2ccc3c(c2)CC(=O)N3)c1. The fourth-order valence-corrected chi connectivity index (χ4v) is 3.67. The summed E-state index contributed by atoms with van der Waals surface area (Å²) in [6.07, 6.45) is 0.160. The van der Waals surface area contributed by atoms with Gasteiger partial charge in [-0.05, 0) is 42.0 Å². The van der Waals surface area contributed by atoms with Crippen LogP contribution in [0.1, 0.15) is 26.3 Å². The van der Waals surface area contributed by atoms with Gasteiger partial charge in [0.1, 0.15) is 0 Å². The van der Waals surface area contributed by atoms with Gasteiger partial charge in [-0.3, -0.25) is 14.3 Å². The number of hydrogen-bond donors (Lipinski definition) is 3. The summed E-state index contributed by atoms with van der Waals surface area (Å²) in [6.45, 7) is 5.38. The van der Waals surface area contributed by atoms with Crippen molar-refractivity contribution in [2.75, 3.05) is 15.4 Å². The zero-order chi connectivity index (χ0) is 19.8. The summed E-state index contributed by atoms with van der Waals surface area (Å²) >= 11 is 0. The van der Waals surface area contributed by atoms with Gasteiger partial charge in [-0.1, -0.05) is 26.8 Å². The van der Waals surface area contributed by atoms with Gasteiger partial charge in [-0.2, -0.15) is 0 Å². The summed E-state index contributed by atoms with van der Waals surface area (Å²) in [5, 5.41) is 5.44. The molecule has 0 radical (unpaired) electrons. The molecule has 3 rings (SSSR count). The lowest BCUT2D eigenvalue weighted by Crippen LogP contribution is -2.27. The molecule has 3 N–H and O–H groups in total. The molecule has 1 aliphatic heterocycles. The van der Waals surface area contributed by atoms with Crippen molar-refractivity contribution in [1.82, 2.24) is 0 Å². The second kappa shape index (κ2) is 6.70. The largest absolute Gasteiger partial charge is 0.326 e. The van der Waals surface area contributed by atoms with Crippen molar-refractivity contribution in [1.29, 1.82) is 0 Å². The first-order chi connectivity index (χ1) is 12.5. The maximum absolute atomic E-state index is 12.7. The minimum atomic E-state index is -3.83. The summed E-state index contributed by atoms with van der Waals surface area (Å²) in [4.78, 5) is 23.6. The molecule has 0 aliphatic carbocycles. The van der Waals surface area contributed by atoms with Crippen LogP contribution in [0.5, 0.6) is 0 Å². The van der Waals surface area contributed by atoms with Crippen LogP contribution in [0.3, 0.4) is 0 Å². The zero-order valence-electron chi connectivity index (χ0n) is 15.3. The number of hydrogen-bond acceptors (Lipinski definition) is 4. The molecule has 0 unspecified atom stereocenters. The highest BCUT2D eigenvalue weighted by Gasteiger charge is 2.23. The Balaban J connectivity index is 1.81. The topological polar surface area (TPSA) is 104 Å². The summed E-state index contributed by atoms with van der Waals surface area (Å²) in [7, 11) is -3.83. The highest BCUT2D eigenvalue weighted by Crippen LogP contribution is 2.27. The van der Waals surface area contributed by atoms with Crippen LogP contribution in [0, 0.1) is 5.41 Å². The molecule has 2 aromatic rings. The Kier molecular flexibility index (Phi) is 4.69. The Hall–Kier alpha value is -2.87. The molecule has 7 nitrogen and oxygen atoms in total. The number of amides is 2. The Morgan fingerprint density at radius 1 is 1.07 bits per heavy atom. The third-order valence-electron chi connectivity index (χ3n) is 4.07. The molecule has 0 spiro atoms. The van der Waals surface area contributed by atoms with E-state index in [0.717, 1.165) is 0 Å². The van der Waals surface area contributed by atoms with Crippen molar-refractivity contribution >= 4 is 38.9 Å². The maximum atomic E-state index is 12.7. The van der Waals surface area contributed by atoms with Crippen LogP contribution in [-0.4, -0.2) is 20.2 Å². The molecule has 2 aromatic carbocycles. The van der Waals surface area contributed by atoms with Crippen molar-refractivity contribution in [2.24, 2.45) is 5.41 Å². The van der Waals surface area contributed by atoms with Crippen molar-refractivity contribution in [3.8, 4) is 0 Å². The minimum absolute atomic E-state index is 0.0712. The van der Waals surface area contributed by atoms with Gasteiger partial charge in [0.2, 0.25) is 11.8 Å². The third kappa shape index (κ3) is 4.28. The molecule has 2 amide bonds.